The number of hydrogen-bond donors (Lipinski definition) is 1. The fourth-order valence-electron chi connectivity index (χ4n) is 3.27. The topological polar surface area (TPSA) is 57.2 Å². The number of rotatable bonds is 6. The van der Waals surface area contributed by atoms with Crippen LogP contribution in [0.15, 0.2) is 30.6 Å². The van der Waals surface area contributed by atoms with Crippen molar-refractivity contribution in [2.24, 2.45) is 0 Å². The number of aryl methyl sites for hydroxylation is 1. The monoisotopic (exact) mass is 340 g/mol. The van der Waals surface area contributed by atoms with Crippen LogP contribution in [0.4, 0.5) is 11.6 Å². The maximum Gasteiger partial charge on any atom is 0.133 e. The molecule has 1 aliphatic heterocycles. The molecule has 0 amide bonds. The first-order valence-corrected chi connectivity index (χ1v) is 9.01. The minimum atomic E-state index is 0.434. The van der Waals surface area contributed by atoms with Gasteiger partial charge in [0, 0.05) is 57.1 Å². The molecular weight excluding hydrogens is 312 g/mol. The summed E-state index contributed by atoms with van der Waals surface area (Å²) in [6, 6.07) is 8.71. The zero-order valence-electron chi connectivity index (χ0n) is 15.4. The van der Waals surface area contributed by atoms with E-state index in [1.165, 1.54) is 18.5 Å². The van der Waals surface area contributed by atoms with Crippen molar-refractivity contribution in [3.05, 3.63) is 42.0 Å². The standard InChI is InChI=1S/C19H28N6/c1-15-6-4-7-16(22-15)9-11-25-10-5-8-17(13-25)23-18-12-19(24(2)3)21-14-20-18/h4,6-7,12,14,17H,5,8-11,13H2,1-3H3,(H,20,21,23). The van der Waals surface area contributed by atoms with Crippen LogP contribution in [0.2, 0.25) is 0 Å². The number of nitrogens with one attached hydrogen (secondary N) is 1. The fraction of sp³-hybridized carbons (Fsp3) is 0.526. The van der Waals surface area contributed by atoms with E-state index in [-0.39, 0.29) is 0 Å². The van der Waals surface area contributed by atoms with Crippen LogP contribution >= 0.6 is 0 Å². The van der Waals surface area contributed by atoms with E-state index in [1.807, 2.05) is 38.1 Å². The largest absolute Gasteiger partial charge is 0.366 e. The third-order valence-electron chi connectivity index (χ3n) is 4.60. The zero-order chi connectivity index (χ0) is 17.6. The molecule has 2 aromatic rings. The Morgan fingerprint density at radius 3 is 2.96 bits per heavy atom. The van der Waals surface area contributed by atoms with Gasteiger partial charge in [0.15, 0.2) is 0 Å². The first-order chi connectivity index (χ1) is 12.1. The first-order valence-electron chi connectivity index (χ1n) is 9.01. The van der Waals surface area contributed by atoms with Gasteiger partial charge in [-0.15, -0.1) is 0 Å². The van der Waals surface area contributed by atoms with Crippen LogP contribution in [0.1, 0.15) is 24.2 Å². The van der Waals surface area contributed by atoms with Crippen molar-refractivity contribution in [3.8, 4) is 0 Å². The number of anilines is 2. The summed E-state index contributed by atoms with van der Waals surface area (Å²) in [5.74, 6) is 1.83. The van der Waals surface area contributed by atoms with E-state index in [0.29, 0.717) is 6.04 Å². The van der Waals surface area contributed by atoms with E-state index in [0.717, 1.165) is 43.4 Å². The Balaban J connectivity index is 1.53. The van der Waals surface area contributed by atoms with Gasteiger partial charge in [-0.05, 0) is 38.4 Å². The van der Waals surface area contributed by atoms with E-state index >= 15 is 0 Å². The van der Waals surface area contributed by atoms with Crippen molar-refractivity contribution in [1.82, 2.24) is 19.9 Å². The normalized spacial score (nSPS) is 18.1. The summed E-state index contributed by atoms with van der Waals surface area (Å²) >= 11 is 0. The van der Waals surface area contributed by atoms with Crippen molar-refractivity contribution in [2.75, 3.05) is 43.9 Å². The summed E-state index contributed by atoms with van der Waals surface area (Å²) in [6.45, 7) is 5.32. The van der Waals surface area contributed by atoms with Crippen LogP contribution in [-0.4, -0.2) is 59.6 Å². The van der Waals surface area contributed by atoms with Gasteiger partial charge in [-0.25, -0.2) is 9.97 Å². The molecule has 25 heavy (non-hydrogen) atoms. The molecule has 0 bridgehead atoms. The molecule has 1 aliphatic rings. The van der Waals surface area contributed by atoms with Crippen LogP contribution in [0.5, 0.6) is 0 Å². The van der Waals surface area contributed by atoms with Crippen molar-refractivity contribution in [1.29, 1.82) is 0 Å². The van der Waals surface area contributed by atoms with Crippen molar-refractivity contribution in [2.45, 2.75) is 32.2 Å². The highest BCUT2D eigenvalue weighted by atomic mass is 15.2. The second-order valence-corrected chi connectivity index (χ2v) is 6.96. The lowest BCUT2D eigenvalue weighted by Gasteiger charge is -2.33. The highest BCUT2D eigenvalue weighted by Gasteiger charge is 2.20. The molecule has 6 heteroatoms. The second-order valence-electron chi connectivity index (χ2n) is 6.96. The van der Waals surface area contributed by atoms with E-state index in [4.69, 9.17) is 0 Å². The summed E-state index contributed by atoms with van der Waals surface area (Å²) < 4.78 is 0. The lowest BCUT2D eigenvalue weighted by molar-refractivity contribution is 0.218. The number of nitrogens with zero attached hydrogens (tertiary/aromatic N) is 5. The third kappa shape index (κ3) is 5.13. The van der Waals surface area contributed by atoms with Gasteiger partial charge in [-0.3, -0.25) is 4.98 Å². The van der Waals surface area contributed by atoms with Crippen molar-refractivity contribution in [3.63, 3.8) is 0 Å². The Morgan fingerprint density at radius 2 is 2.16 bits per heavy atom. The highest BCUT2D eigenvalue weighted by molar-refractivity contribution is 5.47. The molecule has 3 heterocycles. The van der Waals surface area contributed by atoms with Gasteiger partial charge >= 0.3 is 0 Å². The zero-order valence-corrected chi connectivity index (χ0v) is 15.4. The molecule has 1 unspecified atom stereocenters. The molecule has 1 atom stereocenters. The van der Waals surface area contributed by atoms with Gasteiger partial charge in [-0.2, -0.15) is 0 Å². The Bertz CT molecular complexity index is 687. The average Bonchev–Trinajstić information content (AvgIpc) is 2.61. The summed E-state index contributed by atoms with van der Waals surface area (Å²) in [6.07, 6.45) is 5.03. The highest BCUT2D eigenvalue weighted by Crippen LogP contribution is 2.17. The van der Waals surface area contributed by atoms with E-state index in [9.17, 15) is 0 Å². The van der Waals surface area contributed by atoms with Gasteiger partial charge in [0.2, 0.25) is 0 Å². The molecule has 1 N–H and O–H groups in total. The molecule has 3 rings (SSSR count). The third-order valence-corrected chi connectivity index (χ3v) is 4.60. The van der Waals surface area contributed by atoms with Gasteiger partial charge in [0.25, 0.3) is 0 Å². The van der Waals surface area contributed by atoms with Crippen LogP contribution in [-0.2, 0) is 6.42 Å². The van der Waals surface area contributed by atoms with E-state index in [2.05, 4.69) is 37.3 Å². The molecule has 134 valence electrons. The maximum absolute atomic E-state index is 4.61. The average molecular weight is 340 g/mol. The fourth-order valence-corrected chi connectivity index (χ4v) is 3.27. The number of likely N-dealkylation sites (tertiary alicyclic amines) is 1. The van der Waals surface area contributed by atoms with Crippen molar-refractivity contribution >= 4 is 11.6 Å². The van der Waals surface area contributed by atoms with Crippen LogP contribution in [0.3, 0.4) is 0 Å². The molecule has 2 aromatic heterocycles. The lowest BCUT2D eigenvalue weighted by Crippen LogP contribution is -2.43. The first kappa shape index (κ1) is 17.6. The van der Waals surface area contributed by atoms with E-state index < -0.39 is 0 Å². The maximum atomic E-state index is 4.61. The molecule has 6 nitrogen and oxygen atoms in total. The quantitative estimate of drug-likeness (QED) is 0.871. The summed E-state index contributed by atoms with van der Waals surface area (Å²) in [5.41, 5.74) is 2.28. The molecule has 0 aromatic carbocycles. The van der Waals surface area contributed by atoms with Gasteiger partial charge < -0.3 is 15.1 Å². The van der Waals surface area contributed by atoms with Crippen LogP contribution < -0.4 is 10.2 Å². The van der Waals surface area contributed by atoms with Crippen molar-refractivity contribution < 1.29 is 0 Å². The molecular formula is C19H28N6. The molecule has 0 radical (unpaired) electrons. The molecule has 1 saturated heterocycles. The molecule has 0 saturated carbocycles. The summed E-state index contributed by atoms with van der Waals surface area (Å²) in [5, 5.41) is 3.58. The Kier molecular flexibility index (Phi) is 5.81. The number of hydrogen-bond acceptors (Lipinski definition) is 6. The van der Waals surface area contributed by atoms with Gasteiger partial charge in [-0.1, -0.05) is 6.07 Å². The molecule has 0 aliphatic carbocycles. The SMILES string of the molecule is Cc1cccc(CCN2CCCC(Nc3cc(N(C)C)ncn3)C2)n1. The predicted octanol–water partition coefficient (Wildman–Crippen LogP) is 2.37. The second kappa shape index (κ2) is 8.25. The predicted molar refractivity (Wildman–Crippen MR) is 102 cm³/mol. The number of piperidine rings is 1. The Hall–Kier alpha value is -2.21. The van der Waals surface area contributed by atoms with E-state index in [1.54, 1.807) is 6.33 Å². The van der Waals surface area contributed by atoms with Gasteiger partial charge in [0.05, 0.1) is 0 Å². The molecule has 0 spiro atoms. The van der Waals surface area contributed by atoms with Crippen LogP contribution in [0.25, 0.3) is 0 Å². The Morgan fingerprint density at radius 1 is 1.28 bits per heavy atom. The number of pyridine rings is 1. The van der Waals surface area contributed by atoms with Gasteiger partial charge in [0.1, 0.15) is 18.0 Å². The minimum Gasteiger partial charge on any atom is -0.366 e. The minimum absolute atomic E-state index is 0.434. The smallest absolute Gasteiger partial charge is 0.133 e. The number of aromatic nitrogens is 3. The van der Waals surface area contributed by atoms with Crippen LogP contribution in [0, 0.1) is 6.92 Å². The Labute approximate surface area is 150 Å². The summed E-state index contributed by atoms with van der Waals surface area (Å²) in [4.78, 5) is 17.8. The molecule has 1 fully saturated rings. The summed E-state index contributed by atoms with van der Waals surface area (Å²) in [7, 11) is 3.99. The lowest BCUT2D eigenvalue weighted by atomic mass is 10.1.